The van der Waals surface area contributed by atoms with Crippen LogP contribution < -0.4 is 5.32 Å². The third kappa shape index (κ3) is 8.50. The number of esters is 4. The molecule has 1 fully saturated rings. The Morgan fingerprint density at radius 1 is 0.973 bits per heavy atom. The first-order valence-electron chi connectivity index (χ1n) is 10.8. The van der Waals surface area contributed by atoms with Gasteiger partial charge in [-0.05, 0) is 12.1 Å². The van der Waals surface area contributed by atoms with Gasteiger partial charge in [-0.2, -0.15) is 0 Å². The number of nitro benzene ring substituents is 1. The Balaban J connectivity index is 2.46. The molecule has 5 unspecified atom stereocenters. The molecule has 0 aromatic heterocycles. The molecule has 0 bridgehead atoms. The molecule has 202 valence electrons. The summed E-state index contributed by atoms with van der Waals surface area (Å²) in [6.45, 7) is 2.18. The van der Waals surface area contributed by atoms with E-state index < -0.39 is 78.6 Å². The number of non-ortho nitro benzene ring substituents is 1. The minimum Gasteiger partial charge on any atom is -0.467 e. The standard InChI is InChI=1S/C22H26N2O13/c1-11(25)33-9-16-19(35-12(2)26)20(34-10-17(28)32-4)18(22(37-16)36-13(3)27)23-21(29)14-5-7-15(8-6-14)24(30)31/h5-8,16,18-20,22H,9-10H2,1-4H3,(H,23,29). The molecule has 5 atom stereocenters. The first kappa shape index (κ1) is 29.1. The van der Waals surface area contributed by atoms with Crippen molar-refractivity contribution in [3.05, 3.63) is 39.9 Å². The largest absolute Gasteiger partial charge is 0.467 e. The van der Waals surface area contributed by atoms with Gasteiger partial charge in [0.25, 0.3) is 11.6 Å². The molecule has 0 spiro atoms. The van der Waals surface area contributed by atoms with E-state index in [1.807, 2.05) is 0 Å². The number of hydrogen-bond donors (Lipinski definition) is 1. The zero-order chi connectivity index (χ0) is 27.7. The molecule has 1 N–H and O–H groups in total. The van der Waals surface area contributed by atoms with Crippen LogP contribution in [0.25, 0.3) is 0 Å². The smallest absolute Gasteiger partial charge is 0.331 e. The Kier molecular flexibility index (Phi) is 10.4. The van der Waals surface area contributed by atoms with Gasteiger partial charge in [-0.15, -0.1) is 0 Å². The number of rotatable bonds is 10. The second kappa shape index (κ2) is 13.3. The van der Waals surface area contributed by atoms with E-state index >= 15 is 0 Å². The number of hydrogen-bond acceptors (Lipinski definition) is 13. The molecule has 0 radical (unpaired) electrons. The number of benzene rings is 1. The number of carbonyl (C=O) groups excluding carboxylic acids is 5. The molecule has 15 heteroatoms. The van der Waals surface area contributed by atoms with Crippen LogP contribution in [0.2, 0.25) is 0 Å². The van der Waals surface area contributed by atoms with Crippen LogP contribution in [0.3, 0.4) is 0 Å². The number of carbonyl (C=O) groups is 5. The molecule has 1 saturated heterocycles. The summed E-state index contributed by atoms with van der Waals surface area (Å²) >= 11 is 0. The Labute approximate surface area is 210 Å². The fourth-order valence-corrected chi connectivity index (χ4v) is 3.38. The summed E-state index contributed by atoms with van der Waals surface area (Å²) in [5.74, 6) is -3.89. The van der Waals surface area contributed by atoms with E-state index in [0.717, 1.165) is 40.0 Å². The van der Waals surface area contributed by atoms with Crippen molar-refractivity contribution in [3.63, 3.8) is 0 Å². The van der Waals surface area contributed by atoms with Gasteiger partial charge in [0.15, 0.2) is 6.10 Å². The number of methoxy groups -OCH3 is 1. The number of nitro groups is 1. The third-order valence-electron chi connectivity index (χ3n) is 4.94. The summed E-state index contributed by atoms with van der Waals surface area (Å²) in [4.78, 5) is 70.1. The van der Waals surface area contributed by atoms with Crippen molar-refractivity contribution >= 4 is 35.5 Å². The van der Waals surface area contributed by atoms with Gasteiger partial charge in [-0.25, -0.2) is 4.79 Å². The second-order valence-electron chi connectivity index (χ2n) is 7.68. The molecule has 2 rings (SSSR count). The van der Waals surface area contributed by atoms with Crippen molar-refractivity contribution in [2.45, 2.75) is 51.4 Å². The van der Waals surface area contributed by atoms with Crippen molar-refractivity contribution < 1.29 is 57.3 Å². The van der Waals surface area contributed by atoms with Crippen molar-refractivity contribution in [2.24, 2.45) is 0 Å². The molecular formula is C22H26N2O13. The fraction of sp³-hybridized carbons (Fsp3) is 0.500. The summed E-state index contributed by atoms with van der Waals surface area (Å²) < 4.78 is 31.4. The molecular weight excluding hydrogens is 500 g/mol. The van der Waals surface area contributed by atoms with Gasteiger partial charge in [-0.1, -0.05) is 0 Å². The first-order valence-corrected chi connectivity index (χ1v) is 10.8. The average Bonchev–Trinajstić information content (AvgIpc) is 2.83. The quantitative estimate of drug-likeness (QED) is 0.186. The molecule has 0 saturated carbocycles. The second-order valence-corrected chi connectivity index (χ2v) is 7.68. The molecule has 1 aliphatic rings. The normalized spacial score (nSPS) is 22.8. The van der Waals surface area contributed by atoms with Crippen molar-refractivity contribution in [1.82, 2.24) is 5.32 Å². The SMILES string of the molecule is COC(=O)COC1C(NC(=O)c2ccc([N+](=O)[O-])cc2)C(OC(C)=O)OC(COC(C)=O)C1OC(C)=O. The Hall–Kier alpha value is -4.11. The first-order chi connectivity index (χ1) is 17.4. The van der Waals surface area contributed by atoms with Gasteiger partial charge >= 0.3 is 23.9 Å². The number of nitrogens with one attached hydrogen (secondary N) is 1. The van der Waals surface area contributed by atoms with Crippen LogP contribution in [0.15, 0.2) is 24.3 Å². The van der Waals surface area contributed by atoms with Crippen LogP contribution >= 0.6 is 0 Å². The highest BCUT2D eigenvalue weighted by atomic mass is 16.7. The van der Waals surface area contributed by atoms with Crippen LogP contribution in [-0.2, 0) is 47.6 Å². The summed E-state index contributed by atoms with van der Waals surface area (Å²) in [5.41, 5.74) is -0.261. The average molecular weight is 526 g/mol. The zero-order valence-electron chi connectivity index (χ0n) is 20.4. The van der Waals surface area contributed by atoms with E-state index in [9.17, 15) is 34.1 Å². The van der Waals surface area contributed by atoms with Crippen LogP contribution in [0.5, 0.6) is 0 Å². The molecule has 1 aromatic carbocycles. The minimum atomic E-state index is -1.55. The maximum atomic E-state index is 13.0. The Bertz CT molecular complexity index is 1030. The third-order valence-corrected chi connectivity index (χ3v) is 4.94. The van der Waals surface area contributed by atoms with Gasteiger partial charge < -0.3 is 33.7 Å². The fourth-order valence-electron chi connectivity index (χ4n) is 3.38. The van der Waals surface area contributed by atoms with Crippen LogP contribution in [0, 0.1) is 10.1 Å². The maximum absolute atomic E-state index is 13.0. The summed E-state index contributed by atoms with van der Waals surface area (Å²) in [6, 6.07) is 3.23. The lowest BCUT2D eigenvalue weighted by molar-refractivity contribution is -0.384. The highest BCUT2D eigenvalue weighted by molar-refractivity contribution is 5.94. The van der Waals surface area contributed by atoms with Crippen LogP contribution in [0.1, 0.15) is 31.1 Å². The van der Waals surface area contributed by atoms with E-state index in [2.05, 4.69) is 10.1 Å². The van der Waals surface area contributed by atoms with Gasteiger partial charge in [0.1, 0.15) is 31.5 Å². The molecule has 1 aliphatic heterocycles. The van der Waals surface area contributed by atoms with E-state index in [4.69, 9.17) is 23.7 Å². The lowest BCUT2D eigenvalue weighted by Gasteiger charge is -2.44. The van der Waals surface area contributed by atoms with Gasteiger partial charge in [0.2, 0.25) is 6.29 Å². The van der Waals surface area contributed by atoms with Gasteiger partial charge in [0.05, 0.1) is 12.0 Å². The molecule has 37 heavy (non-hydrogen) atoms. The van der Waals surface area contributed by atoms with Crippen LogP contribution in [-0.4, -0.2) is 85.7 Å². The van der Waals surface area contributed by atoms with Crippen molar-refractivity contribution in [2.75, 3.05) is 20.3 Å². The van der Waals surface area contributed by atoms with Gasteiger partial charge in [-0.3, -0.25) is 29.3 Å². The van der Waals surface area contributed by atoms with E-state index in [1.54, 1.807) is 0 Å². The lowest BCUT2D eigenvalue weighted by atomic mass is 9.95. The Morgan fingerprint density at radius 3 is 2.11 bits per heavy atom. The van der Waals surface area contributed by atoms with Gasteiger partial charge in [0, 0.05) is 38.5 Å². The van der Waals surface area contributed by atoms with E-state index in [1.165, 1.54) is 12.1 Å². The highest BCUT2D eigenvalue weighted by Crippen LogP contribution is 2.28. The highest BCUT2D eigenvalue weighted by Gasteiger charge is 2.51. The summed E-state index contributed by atoms with van der Waals surface area (Å²) in [5, 5.41) is 13.4. The predicted molar refractivity (Wildman–Crippen MR) is 119 cm³/mol. The molecule has 1 amide bonds. The number of nitrogens with zero attached hydrogens (tertiary/aromatic N) is 1. The molecule has 1 heterocycles. The predicted octanol–water partition coefficient (Wildman–Crippen LogP) is 0.0342. The van der Waals surface area contributed by atoms with Crippen molar-refractivity contribution in [3.8, 4) is 0 Å². The Morgan fingerprint density at radius 2 is 1.59 bits per heavy atom. The monoisotopic (exact) mass is 526 g/mol. The minimum absolute atomic E-state index is 0.00929. The number of ether oxygens (including phenoxy) is 6. The molecule has 1 aromatic rings. The van der Waals surface area contributed by atoms with Crippen LogP contribution in [0.4, 0.5) is 5.69 Å². The summed E-state index contributed by atoms with van der Waals surface area (Å²) in [6.07, 6.45) is -5.50. The summed E-state index contributed by atoms with van der Waals surface area (Å²) in [7, 11) is 1.11. The maximum Gasteiger partial charge on any atom is 0.331 e. The van der Waals surface area contributed by atoms with E-state index in [0.29, 0.717) is 0 Å². The lowest BCUT2D eigenvalue weighted by Crippen LogP contribution is -2.66. The number of amides is 1. The van der Waals surface area contributed by atoms with E-state index in [-0.39, 0.29) is 11.3 Å². The molecule has 0 aliphatic carbocycles. The molecule has 15 nitrogen and oxygen atoms in total. The zero-order valence-corrected chi connectivity index (χ0v) is 20.4. The van der Waals surface area contributed by atoms with Crippen molar-refractivity contribution in [1.29, 1.82) is 0 Å². The topological polar surface area (TPSA) is 196 Å².